The highest BCUT2D eigenvalue weighted by atomic mass is 32.2. The van der Waals surface area contributed by atoms with Gasteiger partial charge in [-0.1, -0.05) is 24.6 Å². The molecule has 0 N–H and O–H groups in total. The lowest BCUT2D eigenvalue weighted by Gasteiger charge is -2.05. The molecule has 2 aromatic rings. The van der Waals surface area contributed by atoms with Crippen LogP contribution in [0, 0.1) is 6.92 Å². The van der Waals surface area contributed by atoms with Crippen LogP contribution in [0.2, 0.25) is 0 Å². The van der Waals surface area contributed by atoms with Gasteiger partial charge in [-0.25, -0.2) is 13.0 Å². The molecule has 0 atom stereocenters. The van der Waals surface area contributed by atoms with E-state index in [4.69, 9.17) is 0 Å². The molecule has 0 fully saturated rings. The molecule has 0 bridgehead atoms. The molecular weight excluding hydrogens is 274 g/mol. The molecule has 1 heterocycles. The Labute approximate surface area is 120 Å². The van der Waals surface area contributed by atoms with E-state index in [0.717, 1.165) is 12.0 Å². The van der Waals surface area contributed by atoms with Crippen LogP contribution in [0.5, 0.6) is 0 Å². The van der Waals surface area contributed by atoms with Crippen molar-refractivity contribution in [2.75, 3.05) is 0 Å². The first-order valence-electron chi connectivity index (χ1n) is 6.29. The standard InChI is InChI=1S/C8H12N.C7H8O3S/c1-3-8-4-6-9(2)7-5-8;1-6-2-4-7(5-3-6)11(8,9)10/h4-7H,3H2,1-2H3;2-5H,1H3,(H,8,9,10)/q+1;/p-1. The lowest BCUT2D eigenvalue weighted by atomic mass is 10.2. The molecule has 0 radical (unpaired) electrons. The molecule has 0 aliphatic heterocycles. The van der Waals surface area contributed by atoms with Crippen LogP contribution in [0.4, 0.5) is 0 Å². The van der Waals surface area contributed by atoms with E-state index in [1.165, 1.54) is 17.7 Å². The number of nitrogens with zero attached hydrogens (tertiary/aromatic N) is 1. The minimum atomic E-state index is -4.27. The third-order valence-corrected chi connectivity index (χ3v) is 3.61. The van der Waals surface area contributed by atoms with Crippen LogP contribution in [0.3, 0.4) is 0 Å². The van der Waals surface area contributed by atoms with Gasteiger partial charge in [-0.3, -0.25) is 0 Å². The van der Waals surface area contributed by atoms with Gasteiger partial charge in [-0.05, 0) is 31.0 Å². The molecule has 0 amide bonds. The predicted octanol–water partition coefficient (Wildman–Crippen LogP) is 1.97. The SMILES string of the molecule is CCc1cc[n+](C)cc1.Cc1ccc(S(=O)(=O)[O-])cc1. The number of aromatic nitrogens is 1. The second kappa shape index (κ2) is 7.17. The Bertz CT molecular complexity index is 632. The Morgan fingerprint density at radius 1 is 1.05 bits per heavy atom. The van der Waals surface area contributed by atoms with Gasteiger partial charge in [-0.2, -0.15) is 0 Å². The molecule has 5 heteroatoms. The maximum Gasteiger partial charge on any atom is 0.168 e. The summed E-state index contributed by atoms with van der Waals surface area (Å²) in [5.41, 5.74) is 2.32. The Balaban J connectivity index is 0.000000204. The van der Waals surface area contributed by atoms with Crippen molar-refractivity contribution in [2.24, 2.45) is 7.05 Å². The van der Waals surface area contributed by atoms with Crippen molar-refractivity contribution in [3.8, 4) is 0 Å². The molecule has 0 spiro atoms. The van der Waals surface area contributed by atoms with Crippen molar-refractivity contribution >= 4 is 10.1 Å². The number of pyridine rings is 1. The van der Waals surface area contributed by atoms with Gasteiger partial charge in [0, 0.05) is 12.1 Å². The number of benzene rings is 1. The van der Waals surface area contributed by atoms with Crippen LogP contribution >= 0.6 is 0 Å². The molecule has 0 aliphatic carbocycles. The number of aryl methyl sites for hydroxylation is 3. The van der Waals surface area contributed by atoms with Gasteiger partial charge in [0.05, 0.1) is 4.90 Å². The van der Waals surface area contributed by atoms with Crippen molar-refractivity contribution in [1.29, 1.82) is 0 Å². The van der Waals surface area contributed by atoms with Gasteiger partial charge < -0.3 is 4.55 Å². The van der Waals surface area contributed by atoms with Crippen molar-refractivity contribution in [1.82, 2.24) is 0 Å². The van der Waals surface area contributed by atoms with Gasteiger partial charge in [0.15, 0.2) is 12.4 Å². The summed E-state index contributed by atoms with van der Waals surface area (Å²) < 4.78 is 33.2. The van der Waals surface area contributed by atoms with Crippen molar-refractivity contribution in [3.05, 3.63) is 59.9 Å². The molecule has 0 saturated carbocycles. The smallest absolute Gasteiger partial charge is 0.168 e. The van der Waals surface area contributed by atoms with Gasteiger partial charge >= 0.3 is 0 Å². The van der Waals surface area contributed by atoms with E-state index < -0.39 is 10.1 Å². The molecule has 20 heavy (non-hydrogen) atoms. The molecule has 1 aromatic carbocycles. The fourth-order valence-electron chi connectivity index (χ4n) is 1.47. The second-order valence-electron chi connectivity index (χ2n) is 4.49. The first-order valence-corrected chi connectivity index (χ1v) is 7.70. The van der Waals surface area contributed by atoms with E-state index in [-0.39, 0.29) is 4.90 Å². The van der Waals surface area contributed by atoms with E-state index in [0.29, 0.717) is 0 Å². The highest BCUT2D eigenvalue weighted by Crippen LogP contribution is 2.08. The van der Waals surface area contributed by atoms with Crippen LogP contribution < -0.4 is 4.57 Å². The monoisotopic (exact) mass is 293 g/mol. The zero-order valence-electron chi connectivity index (χ0n) is 11.9. The summed E-state index contributed by atoms with van der Waals surface area (Å²) in [6.07, 6.45) is 5.26. The average Bonchev–Trinajstić information content (AvgIpc) is 2.40. The summed E-state index contributed by atoms with van der Waals surface area (Å²) in [6.45, 7) is 3.98. The topological polar surface area (TPSA) is 61.1 Å². The normalized spacial score (nSPS) is 10.6. The van der Waals surface area contributed by atoms with Crippen molar-refractivity contribution < 1.29 is 17.5 Å². The highest BCUT2D eigenvalue weighted by molar-refractivity contribution is 7.85. The van der Waals surface area contributed by atoms with Gasteiger partial charge in [-0.15, -0.1) is 0 Å². The van der Waals surface area contributed by atoms with Crippen LogP contribution in [0.1, 0.15) is 18.1 Å². The molecule has 2 rings (SSSR count). The predicted molar refractivity (Wildman–Crippen MR) is 76.1 cm³/mol. The van der Waals surface area contributed by atoms with Gasteiger partial charge in [0.25, 0.3) is 0 Å². The first kappa shape index (κ1) is 16.3. The minimum Gasteiger partial charge on any atom is -0.744 e. The van der Waals surface area contributed by atoms with Crippen molar-refractivity contribution in [2.45, 2.75) is 25.2 Å². The summed E-state index contributed by atoms with van der Waals surface area (Å²) in [5, 5.41) is 0. The minimum absolute atomic E-state index is 0.178. The lowest BCUT2D eigenvalue weighted by molar-refractivity contribution is -0.671. The number of hydrogen-bond donors (Lipinski definition) is 0. The molecular formula is C15H19NO3S. The maximum atomic E-state index is 10.4. The van der Waals surface area contributed by atoms with Crippen LogP contribution in [0.25, 0.3) is 0 Å². The quantitative estimate of drug-likeness (QED) is 0.628. The molecule has 0 saturated heterocycles. The summed E-state index contributed by atoms with van der Waals surface area (Å²) >= 11 is 0. The second-order valence-corrected chi connectivity index (χ2v) is 5.87. The van der Waals surface area contributed by atoms with Gasteiger partial charge in [0.1, 0.15) is 17.2 Å². The zero-order chi connectivity index (χ0) is 15.2. The van der Waals surface area contributed by atoms with Crippen LogP contribution in [-0.2, 0) is 23.6 Å². The summed E-state index contributed by atoms with van der Waals surface area (Å²) in [5.74, 6) is 0. The third kappa shape index (κ3) is 5.50. The van der Waals surface area contributed by atoms with Crippen LogP contribution in [-0.4, -0.2) is 13.0 Å². The fraction of sp³-hybridized carbons (Fsp3) is 0.267. The first-order chi connectivity index (χ1) is 9.32. The average molecular weight is 293 g/mol. The molecule has 4 nitrogen and oxygen atoms in total. The fourth-order valence-corrected chi connectivity index (χ4v) is 1.94. The zero-order valence-corrected chi connectivity index (χ0v) is 12.7. The van der Waals surface area contributed by atoms with Crippen LogP contribution in [0.15, 0.2) is 53.7 Å². The molecule has 0 aliphatic rings. The summed E-state index contributed by atoms with van der Waals surface area (Å²) in [4.78, 5) is -0.178. The molecule has 0 unspecified atom stereocenters. The van der Waals surface area contributed by atoms with E-state index in [9.17, 15) is 13.0 Å². The third-order valence-electron chi connectivity index (χ3n) is 2.77. The number of rotatable bonds is 2. The van der Waals surface area contributed by atoms with E-state index in [2.05, 4.69) is 31.5 Å². The Kier molecular flexibility index (Phi) is 5.85. The molecule has 1 aromatic heterocycles. The van der Waals surface area contributed by atoms with E-state index in [1.807, 2.05) is 18.5 Å². The Hall–Kier alpha value is -1.72. The highest BCUT2D eigenvalue weighted by Gasteiger charge is 1.97. The largest absolute Gasteiger partial charge is 0.744 e. The Morgan fingerprint density at radius 2 is 1.55 bits per heavy atom. The van der Waals surface area contributed by atoms with E-state index >= 15 is 0 Å². The Morgan fingerprint density at radius 3 is 1.95 bits per heavy atom. The summed E-state index contributed by atoms with van der Waals surface area (Å²) in [7, 11) is -2.24. The van der Waals surface area contributed by atoms with E-state index in [1.54, 1.807) is 12.1 Å². The maximum absolute atomic E-state index is 10.4. The van der Waals surface area contributed by atoms with Gasteiger partial charge in [0.2, 0.25) is 0 Å². The van der Waals surface area contributed by atoms with Crippen molar-refractivity contribution in [3.63, 3.8) is 0 Å². The number of hydrogen-bond acceptors (Lipinski definition) is 3. The lowest BCUT2D eigenvalue weighted by Crippen LogP contribution is -2.25. The summed E-state index contributed by atoms with van der Waals surface area (Å²) in [6, 6.07) is 10.1. The molecule has 108 valence electrons.